The van der Waals surface area contributed by atoms with Crippen molar-refractivity contribution < 1.29 is 0 Å². The number of nitrogens with zero attached hydrogens (tertiary/aromatic N) is 2. The van der Waals surface area contributed by atoms with Gasteiger partial charge >= 0.3 is 0 Å². The number of hydrogen-bond donors (Lipinski definition) is 0. The van der Waals surface area contributed by atoms with Gasteiger partial charge in [0.1, 0.15) is 5.84 Å². The molecule has 0 spiro atoms. The van der Waals surface area contributed by atoms with Gasteiger partial charge in [0.15, 0.2) is 0 Å². The number of allylic oxidation sites excluding steroid dienone is 1. The molecule has 1 aromatic carbocycles. The molecule has 1 heterocycles. The zero-order valence-corrected chi connectivity index (χ0v) is 11.9. The van der Waals surface area contributed by atoms with Crippen LogP contribution in [0.25, 0.3) is 0 Å². The minimum absolute atomic E-state index is 0.552. The zero-order chi connectivity index (χ0) is 13.0. The minimum Gasteiger partial charge on any atom is -0.356 e. The zero-order valence-electron chi connectivity index (χ0n) is 10.4. The van der Waals surface area contributed by atoms with E-state index in [1.807, 2.05) is 19.1 Å². The maximum Gasteiger partial charge on any atom is 0.105 e. The van der Waals surface area contributed by atoms with Gasteiger partial charge in [0.2, 0.25) is 0 Å². The summed E-state index contributed by atoms with van der Waals surface area (Å²) in [4.78, 5) is 6.95. The summed E-state index contributed by atoms with van der Waals surface area (Å²) in [6.45, 7) is 4.03. The second kappa shape index (κ2) is 6.26. The largest absolute Gasteiger partial charge is 0.356 e. The first-order chi connectivity index (χ1) is 8.70. The van der Waals surface area contributed by atoms with Crippen LogP contribution in [0.2, 0.25) is 10.0 Å². The highest BCUT2D eigenvalue weighted by Crippen LogP contribution is 2.27. The van der Waals surface area contributed by atoms with Gasteiger partial charge in [-0.05, 0) is 31.5 Å². The third kappa shape index (κ3) is 3.27. The number of hydrogen-bond acceptors (Lipinski definition) is 1. The van der Waals surface area contributed by atoms with Crippen LogP contribution in [0.5, 0.6) is 0 Å². The molecular formula is C14H16Cl2N2. The summed E-state index contributed by atoms with van der Waals surface area (Å²) in [5.74, 6) is 1.13. The second-order valence-corrected chi connectivity index (χ2v) is 5.06. The molecule has 0 atom stereocenters. The van der Waals surface area contributed by atoms with Gasteiger partial charge in [0, 0.05) is 19.5 Å². The van der Waals surface area contributed by atoms with Crippen molar-refractivity contribution in [2.75, 3.05) is 13.1 Å². The van der Waals surface area contributed by atoms with Crippen molar-refractivity contribution in [2.45, 2.75) is 19.8 Å². The Hall–Kier alpha value is -0.990. The van der Waals surface area contributed by atoms with Crippen LogP contribution in [0.1, 0.15) is 19.8 Å². The van der Waals surface area contributed by atoms with Crippen LogP contribution < -0.4 is 0 Å². The summed E-state index contributed by atoms with van der Waals surface area (Å²) in [6, 6.07) is 5.49. The van der Waals surface area contributed by atoms with Crippen LogP contribution >= 0.6 is 23.2 Å². The summed E-state index contributed by atoms with van der Waals surface area (Å²) in [5, 5.41) is 1.12. The number of benzene rings is 1. The molecule has 0 saturated carbocycles. The van der Waals surface area contributed by atoms with Crippen molar-refractivity contribution in [3.63, 3.8) is 0 Å². The molecule has 1 aliphatic rings. The first-order valence-electron chi connectivity index (χ1n) is 6.09. The highest BCUT2D eigenvalue weighted by Gasteiger charge is 2.17. The molecule has 0 amide bonds. The topological polar surface area (TPSA) is 15.6 Å². The van der Waals surface area contributed by atoms with Crippen molar-refractivity contribution in [2.24, 2.45) is 4.99 Å². The van der Waals surface area contributed by atoms with Gasteiger partial charge in [0.05, 0.1) is 15.7 Å². The first-order valence-corrected chi connectivity index (χ1v) is 6.85. The van der Waals surface area contributed by atoms with E-state index in [0.29, 0.717) is 10.0 Å². The van der Waals surface area contributed by atoms with Crippen LogP contribution in [0.15, 0.2) is 35.3 Å². The molecular weight excluding hydrogens is 267 g/mol. The minimum atomic E-state index is 0.552. The van der Waals surface area contributed by atoms with Gasteiger partial charge in [0.25, 0.3) is 0 Å². The normalized spacial score (nSPS) is 18.2. The monoisotopic (exact) mass is 282 g/mol. The number of amidine groups is 1. The molecule has 0 bridgehead atoms. The lowest BCUT2D eigenvalue weighted by Gasteiger charge is -2.16. The molecule has 1 saturated heterocycles. The van der Waals surface area contributed by atoms with E-state index in [1.54, 1.807) is 6.07 Å². The lowest BCUT2D eigenvalue weighted by Crippen LogP contribution is -2.24. The van der Waals surface area contributed by atoms with Gasteiger partial charge in [-0.2, -0.15) is 0 Å². The predicted molar refractivity (Wildman–Crippen MR) is 79.2 cm³/mol. The molecule has 0 aromatic heterocycles. The van der Waals surface area contributed by atoms with Crippen molar-refractivity contribution in [3.05, 3.63) is 40.4 Å². The maximum atomic E-state index is 5.99. The quantitative estimate of drug-likeness (QED) is 0.734. The highest BCUT2D eigenvalue weighted by molar-refractivity contribution is 6.42. The predicted octanol–water partition coefficient (Wildman–Crippen LogP) is 4.70. The van der Waals surface area contributed by atoms with Crippen LogP contribution in [-0.2, 0) is 0 Å². The van der Waals surface area contributed by atoms with Crippen LogP contribution in [-0.4, -0.2) is 23.8 Å². The molecule has 0 unspecified atom stereocenters. The third-order valence-corrected chi connectivity index (χ3v) is 3.66. The molecule has 96 valence electrons. The molecule has 4 heteroatoms. The lowest BCUT2D eigenvalue weighted by molar-refractivity contribution is 0.502. The van der Waals surface area contributed by atoms with Crippen LogP contribution in [0.4, 0.5) is 5.69 Å². The molecule has 1 fully saturated rings. The van der Waals surface area contributed by atoms with E-state index in [0.717, 1.165) is 37.5 Å². The SMILES string of the molecule is C/C=C/CN1CCCC1=Nc1ccc(Cl)c(Cl)c1. The Morgan fingerprint density at radius 3 is 2.89 bits per heavy atom. The Morgan fingerprint density at radius 2 is 2.17 bits per heavy atom. The van der Waals surface area contributed by atoms with Crippen molar-refractivity contribution in [3.8, 4) is 0 Å². The van der Waals surface area contributed by atoms with Crippen LogP contribution in [0, 0.1) is 0 Å². The Bertz CT molecular complexity index is 481. The van der Waals surface area contributed by atoms with E-state index in [-0.39, 0.29) is 0 Å². The molecule has 0 aliphatic carbocycles. The van der Waals surface area contributed by atoms with Crippen molar-refractivity contribution in [1.29, 1.82) is 0 Å². The molecule has 1 aliphatic heterocycles. The van der Waals surface area contributed by atoms with Gasteiger partial charge in [-0.3, -0.25) is 0 Å². The molecule has 0 radical (unpaired) electrons. The number of likely N-dealkylation sites (tertiary alicyclic amines) is 1. The molecule has 2 nitrogen and oxygen atoms in total. The molecule has 2 rings (SSSR count). The fourth-order valence-electron chi connectivity index (χ4n) is 1.97. The van der Waals surface area contributed by atoms with Gasteiger partial charge in [-0.1, -0.05) is 35.4 Å². The Labute approximate surface area is 118 Å². The summed E-state index contributed by atoms with van der Waals surface area (Å²) in [6.07, 6.45) is 6.40. The fraction of sp³-hybridized carbons (Fsp3) is 0.357. The van der Waals surface area contributed by atoms with E-state index in [9.17, 15) is 0 Å². The Kier molecular flexibility index (Phi) is 4.67. The van der Waals surface area contributed by atoms with E-state index >= 15 is 0 Å². The number of aliphatic imine (C=N–C) groups is 1. The van der Waals surface area contributed by atoms with Gasteiger partial charge in [-0.15, -0.1) is 0 Å². The Balaban J connectivity index is 2.18. The second-order valence-electron chi connectivity index (χ2n) is 4.25. The summed E-state index contributed by atoms with van der Waals surface area (Å²) >= 11 is 11.9. The van der Waals surface area contributed by atoms with E-state index < -0.39 is 0 Å². The van der Waals surface area contributed by atoms with E-state index in [2.05, 4.69) is 22.0 Å². The van der Waals surface area contributed by atoms with Crippen molar-refractivity contribution in [1.82, 2.24) is 4.90 Å². The average Bonchev–Trinajstić information content (AvgIpc) is 2.79. The molecule has 0 N–H and O–H groups in total. The van der Waals surface area contributed by atoms with Gasteiger partial charge in [-0.25, -0.2) is 4.99 Å². The van der Waals surface area contributed by atoms with Crippen LogP contribution in [0.3, 0.4) is 0 Å². The average molecular weight is 283 g/mol. The van der Waals surface area contributed by atoms with E-state index in [4.69, 9.17) is 23.2 Å². The molecule has 1 aromatic rings. The molecule has 18 heavy (non-hydrogen) atoms. The van der Waals surface area contributed by atoms with E-state index in [1.165, 1.54) is 0 Å². The smallest absolute Gasteiger partial charge is 0.105 e. The summed E-state index contributed by atoms with van der Waals surface area (Å²) in [7, 11) is 0. The van der Waals surface area contributed by atoms with Crippen molar-refractivity contribution >= 4 is 34.7 Å². The summed E-state index contributed by atoms with van der Waals surface area (Å²) < 4.78 is 0. The number of rotatable bonds is 3. The Morgan fingerprint density at radius 1 is 1.33 bits per heavy atom. The summed E-state index contributed by atoms with van der Waals surface area (Å²) in [5.41, 5.74) is 0.867. The third-order valence-electron chi connectivity index (χ3n) is 2.92. The van der Waals surface area contributed by atoms with Gasteiger partial charge < -0.3 is 4.90 Å². The lowest BCUT2D eigenvalue weighted by atomic mass is 10.3. The fourth-order valence-corrected chi connectivity index (χ4v) is 2.27. The number of halogens is 2. The standard InChI is InChI=1S/C14H16Cl2N2/c1-2-3-8-18-9-4-5-14(18)17-11-6-7-12(15)13(16)10-11/h2-3,6-7,10H,4-5,8-9H2,1H3/b3-2+,17-14?. The maximum absolute atomic E-state index is 5.99. The first kappa shape index (κ1) is 13.4. The highest BCUT2D eigenvalue weighted by atomic mass is 35.5.